The van der Waals surface area contributed by atoms with Crippen molar-refractivity contribution in [2.75, 3.05) is 13.1 Å². The Hall–Kier alpha value is -1.86. The highest BCUT2D eigenvalue weighted by Crippen LogP contribution is 2.46. The van der Waals surface area contributed by atoms with Crippen molar-refractivity contribution in [3.05, 3.63) is 56.8 Å². The largest absolute Gasteiger partial charge is 0.490 e. The minimum absolute atomic E-state index is 0.489. The highest BCUT2D eigenvalue weighted by molar-refractivity contribution is 7.11. The molecule has 4 rings (SSSR count). The molecule has 2 heterocycles. The van der Waals surface area contributed by atoms with E-state index in [9.17, 15) is 13.2 Å². The van der Waals surface area contributed by atoms with Crippen LogP contribution in [0.1, 0.15) is 45.7 Å². The fourth-order valence-electron chi connectivity index (χ4n) is 4.36. The normalized spacial score (nSPS) is 18.2. The number of carboxylic acids is 1. The number of benzene rings is 1. The second kappa shape index (κ2) is 8.48. The van der Waals surface area contributed by atoms with E-state index in [0.29, 0.717) is 5.41 Å². The number of fused-ring (bicyclic) bond motifs is 2. The number of thiophene rings is 1. The molecule has 1 aromatic heterocycles. The van der Waals surface area contributed by atoms with Gasteiger partial charge in [-0.3, -0.25) is 4.90 Å². The number of aliphatic carboxylic acids is 1. The molecule has 0 saturated carbocycles. The first-order valence-corrected chi connectivity index (χ1v) is 10.6. The van der Waals surface area contributed by atoms with E-state index in [1.165, 1.54) is 54.1 Å². The summed E-state index contributed by atoms with van der Waals surface area (Å²) in [5, 5.41) is 7.12. The lowest BCUT2D eigenvalue weighted by molar-refractivity contribution is -0.192. The molecule has 0 bridgehead atoms. The molecular weight excluding hydrogens is 399 g/mol. The van der Waals surface area contributed by atoms with Crippen molar-refractivity contribution < 1.29 is 23.1 Å². The summed E-state index contributed by atoms with van der Waals surface area (Å²) in [7, 11) is 0. The van der Waals surface area contributed by atoms with Gasteiger partial charge in [0, 0.05) is 16.3 Å². The van der Waals surface area contributed by atoms with Crippen LogP contribution in [0.15, 0.2) is 30.3 Å². The van der Waals surface area contributed by atoms with Crippen molar-refractivity contribution >= 4 is 17.3 Å². The third-order valence-electron chi connectivity index (χ3n) is 5.94. The number of likely N-dealkylation sites (tertiary alicyclic amines) is 1. The molecule has 29 heavy (non-hydrogen) atoms. The number of piperidine rings is 1. The molecule has 0 unspecified atom stereocenters. The fraction of sp³-hybridized carbons (Fsp3) is 0.500. The van der Waals surface area contributed by atoms with Gasteiger partial charge in [-0.1, -0.05) is 23.8 Å². The zero-order valence-corrected chi connectivity index (χ0v) is 17.5. The molecule has 1 saturated heterocycles. The molecule has 2 aromatic rings. The number of carbonyl (C=O) groups is 1. The standard InChI is InChI=1S/C20H25NS.C2HF3O2/c1-15-3-5-17-7-8-20(19(17)13-15)9-11-21(12-10-20)14-18-6-4-16(2)22-18;3-2(4,5)1(6)7/h3-6,13H,7-12,14H2,1-2H3;(H,6,7). The van der Waals surface area contributed by atoms with Gasteiger partial charge in [0.25, 0.3) is 0 Å². The summed E-state index contributed by atoms with van der Waals surface area (Å²) in [6.45, 7) is 8.10. The molecule has 1 fully saturated rings. The Kier molecular flexibility index (Phi) is 6.39. The first kappa shape index (κ1) is 21.8. The van der Waals surface area contributed by atoms with Gasteiger partial charge in [-0.2, -0.15) is 13.2 Å². The number of hydrogen-bond acceptors (Lipinski definition) is 3. The zero-order valence-electron chi connectivity index (χ0n) is 16.7. The number of halogens is 3. The predicted molar refractivity (Wildman–Crippen MR) is 108 cm³/mol. The highest BCUT2D eigenvalue weighted by atomic mass is 32.1. The van der Waals surface area contributed by atoms with Crippen molar-refractivity contribution in [2.45, 2.75) is 57.7 Å². The number of hydrogen-bond donors (Lipinski definition) is 1. The maximum atomic E-state index is 10.6. The molecule has 158 valence electrons. The second-order valence-electron chi connectivity index (χ2n) is 8.03. The average molecular weight is 426 g/mol. The molecular formula is C22H26F3NO2S. The minimum Gasteiger partial charge on any atom is -0.475 e. The van der Waals surface area contributed by atoms with Crippen molar-refractivity contribution in [3.63, 3.8) is 0 Å². The molecule has 3 nitrogen and oxygen atoms in total. The van der Waals surface area contributed by atoms with Gasteiger partial charge in [0.15, 0.2) is 0 Å². The summed E-state index contributed by atoms with van der Waals surface area (Å²) in [5.41, 5.74) is 5.21. The number of rotatable bonds is 2. The van der Waals surface area contributed by atoms with Gasteiger partial charge in [0.05, 0.1) is 0 Å². The Morgan fingerprint density at radius 2 is 1.79 bits per heavy atom. The van der Waals surface area contributed by atoms with Gasteiger partial charge in [0.1, 0.15) is 0 Å². The molecule has 1 aliphatic carbocycles. The van der Waals surface area contributed by atoms with Gasteiger partial charge < -0.3 is 5.11 Å². The average Bonchev–Trinajstić information content (AvgIpc) is 3.21. The van der Waals surface area contributed by atoms with E-state index < -0.39 is 12.1 Å². The van der Waals surface area contributed by atoms with Crippen LogP contribution in [0.3, 0.4) is 0 Å². The van der Waals surface area contributed by atoms with Crippen LogP contribution in [0.25, 0.3) is 0 Å². The van der Waals surface area contributed by atoms with Crippen molar-refractivity contribution in [1.82, 2.24) is 4.90 Å². The molecule has 7 heteroatoms. The van der Waals surface area contributed by atoms with E-state index in [2.05, 4.69) is 49.1 Å². The summed E-state index contributed by atoms with van der Waals surface area (Å²) in [4.78, 5) is 14.5. The lowest BCUT2D eigenvalue weighted by atomic mass is 9.73. The third-order valence-corrected chi connectivity index (χ3v) is 6.93. The molecule has 2 aliphatic rings. The summed E-state index contributed by atoms with van der Waals surface area (Å²) in [5.74, 6) is -2.76. The number of alkyl halides is 3. The maximum absolute atomic E-state index is 10.6. The van der Waals surface area contributed by atoms with Crippen molar-refractivity contribution in [1.29, 1.82) is 0 Å². The van der Waals surface area contributed by atoms with Gasteiger partial charge in [-0.05, 0) is 81.3 Å². The first-order chi connectivity index (χ1) is 13.6. The first-order valence-electron chi connectivity index (χ1n) is 9.77. The Balaban J connectivity index is 0.000000298. The smallest absolute Gasteiger partial charge is 0.475 e. The topological polar surface area (TPSA) is 40.5 Å². The summed E-state index contributed by atoms with van der Waals surface area (Å²) in [6.07, 6.45) is 0.263. The Bertz CT molecular complexity index is 867. The second-order valence-corrected chi connectivity index (χ2v) is 9.40. The molecule has 0 radical (unpaired) electrons. The van der Waals surface area contributed by atoms with E-state index in [1.807, 2.05) is 11.3 Å². The fourth-order valence-corrected chi connectivity index (χ4v) is 5.29. The summed E-state index contributed by atoms with van der Waals surface area (Å²) >= 11 is 1.95. The predicted octanol–water partition coefficient (Wildman–Crippen LogP) is 5.48. The molecule has 0 atom stereocenters. The van der Waals surface area contributed by atoms with Crippen LogP contribution in [0.4, 0.5) is 13.2 Å². The summed E-state index contributed by atoms with van der Waals surface area (Å²) in [6, 6.07) is 11.7. The van der Waals surface area contributed by atoms with E-state index in [4.69, 9.17) is 9.90 Å². The number of aryl methyl sites for hydroxylation is 3. The van der Waals surface area contributed by atoms with Crippen LogP contribution in [0, 0.1) is 13.8 Å². The molecule has 1 aromatic carbocycles. The Morgan fingerprint density at radius 1 is 1.14 bits per heavy atom. The SMILES string of the molecule is Cc1ccc2c(c1)C1(CC2)CCN(Cc2ccc(C)s2)CC1.O=C(O)C(F)(F)F. The third kappa shape index (κ3) is 5.20. The highest BCUT2D eigenvalue weighted by Gasteiger charge is 2.41. The minimum atomic E-state index is -5.08. The lowest BCUT2D eigenvalue weighted by Gasteiger charge is -2.40. The monoisotopic (exact) mass is 425 g/mol. The zero-order chi connectivity index (χ0) is 21.2. The van der Waals surface area contributed by atoms with E-state index >= 15 is 0 Å². The van der Waals surface area contributed by atoms with E-state index in [1.54, 1.807) is 11.1 Å². The number of nitrogens with zero attached hydrogens (tertiary/aromatic N) is 1. The molecule has 0 amide bonds. The van der Waals surface area contributed by atoms with Crippen LogP contribution in [-0.4, -0.2) is 35.2 Å². The van der Waals surface area contributed by atoms with Gasteiger partial charge in [-0.25, -0.2) is 4.79 Å². The van der Waals surface area contributed by atoms with Gasteiger partial charge in [0.2, 0.25) is 0 Å². The Labute approximate surface area is 173 Å². The van der Waals surface area contributed by atoms with Gasteiger partial charge >= 0.3 is 12.1 Å². The van der Waals surface area contributed by atoms with Crippen LogP contribution in [0.2, 0.25) is 0 Å². The lowest BCUT2D eigenvalue weighted by Crippen LogP contribution is -2.41. The Morgan fingerprint density at radius 3 is 2.34 bits per heavy atom. The van der Waals surface area contributed by atoms with Crippen LogP contribution >= 0.6 is 11.3 Å². The number of carboxylic acid groups (broad SMARTS) is 1. The summed E-state index contributed by atoms with van der Waals surface area (Å²) < 4.78 is 31.7. The van der Waals surface area contributed by atoms with Crippen LogP contribution in [-0.2, 0) is 23.2 Å². The van der Waals surface area contributed by atoms with Crippen LogP contribution < -0.4 is 0 Å². The molecule has 1 N–H and O–H groups in total. The van der Waals surface area contributed by atoms with Crippen LogP contribution in [0.5, 0.6) is 0 Å². The van der Waals surface area contributed by atoms with E-state index in [0.717, 1.165) is 6.54 Å². The van der Waals surface area contributed by atoms with Gasteiger partial charge in [-0.15, -0.1) is 11.3 Å². The van der Waals surface area contributed by atoms with E-state index in [-0.39, 0.29) is 0 Å². The molecule has 1 spiro atoms. The van der Waals surface area contributed by atoms with Crippen molar-refractivity contribution in [2.24, 2.45) is 0 Å². The quantitative estimate of drug-likeness (QED) is 0.693. The van der Waals surface area contributed by atoms with Crippen molar-refractivity contribution in [3.8, 4) is 0 Å². The molecule has 1 aliphatic heterocycles. The maximum Gasteiger partial charge on any atom is 0.490 e.